The van der Waals surface area contributed by atoms with E-state index in [1.54, 1.807) is 0 Å². The van der Waals surface area contributed by atoms with Gasteiger partial charge in [-0.2, -0.15) is 0 Å². The van der Waals surface area contributed by atoms with Gasteiger partial charge in [0.2, 0.25) is 0 Å². The molecule has 0 aliphatic carbocycles. The predicted molar refractivity (Wildman–Crippen MR) is 173 cm³/mol. The van der Waals surface area contributed by atoms with Gasteiger partial charge in [-0.1, -0.05) is 128 Å². The van der Waals surface area contributed by atoms with Crippen LogP contribution in [0.4, 0.5) is 0 Å². The molecule has 4 atom stereocenters. The Balaban J connectivity index is 1.88. The fourth-order valence-corrected chi connectivity index (χ4v) is 5.89. The largest absolute Gasteiger partial charge is 0.250 e. The minimum absolute atomic E-state index is 0.332. The molecule has 2 aromatic heterocycles. The molecule has 0 saturated carbocycles. The molecule has 0 aliphatic heterocycles. The Kier molecular flexibility index (Phi) is 8.08. The van der Waals surface area contributed by atoms with E-state index in [1.165, 1.54) is 33.0 Å². The van der Waals surface area contributed by atoms with Crippen LogP contribution in [-0.4, -0.2) is 9.97 Å². The summed E-state index contributed by atoms with van der Waals surface area (Å²) in [5, 5.41) is 2.33. The highest BCUT2D eigenvalue weighted by Crippen LogP contribution is 2.40. The van der Waals surface area contributed by atoms with Crippen LogP contribution in [0.1, 0.15) is 78.6 Å². The van der Waals surface area contributed by atoms with Crippen LogP contribution < -0.4 is 0 Å². The van der Waals surface area contributed by atoms with E-state index in [1.807, 2.05) is 0 Å². The minimum atomic E-state index is 0.332. The van der Waals surface area contributed by atoms with Gasteiger partial charge in [0.25, 0.3) is 0 Å². The number of hydrogen-bond acceptors (Lipinski definition) is 2. The van der Waals surface area contributed by atoms with Crippen LogP contribution in [0.3, 0.4) is 0 Å². The lowest BCUT2D eigenvalue weighted by Gasteiger charge is -2.25. The maximum absolute atomic E-state index is 5.45. The van der Waals surface area contributed by atoms with Crippen molar-refractivity contribution in [1.82, 2.24) is 9.97 Å². The highest BCUT2D eigenvalue weighted by Gasteiger charge is 2.24. The van der Waals surface area contributed by atoms with Crippen molar-refractivity contribution >= 4 is 21.8 Å². The lowest BCUT2D eigenvalue weighted by atomic mass is 9.82. The summed E-state index contributed by atoms with van der Waals surface area (Å²) in [6.07, 6.45) is 0. The Morgan fingerprint density at radius 3 is 1.12 bits per heavy atom. The van der Waals surface area contributed by atoms with Crippen molar-refractivity contribution in [3.8, 4) is 22.3 Å². The molecule has 4 unspecified atom stereocenters. The molecule has 2 nitrogen and oxygen atoms in total. The molecule has 5 aromatic rings. The predicted octanol–water partition coefficient (Wildman–Crippen LogP) is 10.9. The van der Waals surface area contributed by atoms with E-state index in [4.69, 9.17) is 9.97 Å². The maximum Gasteiger partial charge on any atom is 0.0974 e. The summed E-state index contributed by atoms with van der Waals surface area (Å²) < 4.78 is 0. The van der Waals surface area contributed by atoms with Crippen LogP contribution in [0.25, 0.3) is 44.1 Å². The average Bonchev–Trinajstić information content (AvgIpc) is 2.98. The third-order valence-electron chi connectivity index (χ3n) is 9.58. The molecule has 2 heterocycles. The molecule has 2 heteroatoms. The smallest absolute Gasteiger partial charge is 0.0974 e. The van der Waals surface area contributed by atoms with Gasteiger partial charge < -0.3 is 0 Å². The first-order valence-electron chi connectivity index (χ1n) is 15.1. The van der Waals surface area contributed by atoms with Crippen molar-refractivity contribution in [3.63, 3.8) is 0 Å². The normalized spacial score (nSPS) is 15.1. The summed E-state index contributed by atoms with van der Waals surface area (Å²) in [6.45, 7) is 18.6. The summed E-state index contributed by atoms with van der Waals surface area (Å²) in [5.74, 6) is 2.84. The number of hydrogen-bond donors (Lipinski definition) is 0. The molecule has 0 bridgehead atoms. The van der Waals surface area contributed by atoms with Gasteiger partial charge in [-0.3, -0.25) is 9.97 Å². The molecule has 0 radical (unpaired) electrons. The van der Waals surface area contributed by atoms with Gasteiger partial charge in [0, 0.05) is 34.0 Å². The van der Waals surface area contributed by atoms with Crippen molar-refractivity contribution in [2.24, 2.45) is 23.7 Å². The molecule has 206 valence electrons. The van der Waals surface area contributed by atoms with Crippen molar-refractivity contribution in [2.45, 2.75) is 67.2 Å². The van der Waals surface area contributed by atoms with Crippen molar-refractivity contribution < 1.29 is 0 Å². The summed E-state index contributed by atoms with van der Waals surface area (Å²) in [7, 11) is 0. The zero-order valence-electron chi connectivity index (χ0n) is 25.4. The van der Waals surface area contributed by atoms with Gasteiger partial charge in [-0.25, -0.2) is 0 Å². The molecule has 0 spiro atoms. The first-order chi connectivity index (χ1) is 19.2. The molecule has 5 rings (SSSR count). The van der Waals surface area contributed by atoms with Gasteiger partial charge in [-0.05, 0) is 58.1 Å². The van der Waals surface area contributed by atoms with Crippen LogP contribution in [-0.2, 0) is 0 Å². The molecule has 0 amide bonds. The van der Waals surface area contributed by atoms with Gasteiger partial charge in [0.05, 0.1) is 11.0 Å². The highest BCUT2D eigenvalue weighted by atomic mass is 14.8. The molecule has 0 fully saturated rings. The van der Waals surface area contributed by atoms with E-state index < -0.39 is 0 Å². The third kappa shape index (κ3) is 5.29. The average molecular weight is 529 g/mol. The molecule has 0 aliphatic rings. The van der Waals surface area contributed by atoms with Crippen LogP contribution in [0, 0.1) is 23.7 Å². The molecule has 40 heavy (non-hydrogen) atoms. The summed E-state index contributed by atoms with van der Waals surface area (Å²) in [6, 6.07) is 30.7. The topological polar surface area (TPSA) is 25.8 Å². The lowest BCUT2D eigenvalue weighted by molar-refractivity contribution is 0.358. The Morgan fingerprint density at radius 1 is 0.450 bits per heavy atom. The first kappa shape index (κ1) is 28.0. The van der Waals surface area contributed by atoms with Crippen LogP contribution in [0.2, 0.25) is 0 Å². The Hall–Kier alpha value is -3.52. The Bertz CT molecular complexity index is 1480. The number of pyridine rings is 2. The number of benzene rings is 3. The zero-order chi connectivity index (χ0) is 28.6. The number of rotatable bonds is 8. The molecular weight excluding hydrogens is 484 g/mol. The van der Waals surface area contributed by atoms with Crippen molar-refractivity contribution in [1.29, 1.82) is 0 Å². The summed E-state index contributed by atoms with van der Waals surface area (Å²) in [4.78, 5) is 10.9. The van der Waals surface area contributed by atoms with E-state index in [9.17, 15) is 0 Å². The number of fused-ring (bicyclic) bond motifs is 3. The van der Waals surface area contributed by atoms with Gasteiger partial charge in [-0.15, -0.1) is 0 Å². The van der Waals surface area contributed by atoms with E-state index in [2.05, 4.69) is 140 Å². The first-order valence-corrected chi connectivity index (χ1v) is 15.1. The summed E-state index contributed by atoms with van der Waals surface area (Å²) in [5.41, 5.74) is 9.25. The lowest BCUT2D eigenvalue weighted by Crippen LogP contribution is -2.15. The molecular formula is C38H44N2. The second-order valence-corrected chi connectivity index (χ2v) is 12.6. The van der Waals surface area contributed by atoms with Crippen molar-refractivity contribution in [3.05, 3.63) is 96.3 Å². The third-order valence-corrected chi connectivity index (χ3v) is 9.58. The molecule has 0 saturated heterocycles. The minimum Gasteiger partial charge on any atom is -0.250 e. The molecule has 3 aromatic carbocycles. The standard InChI is InChI=1S/C38H44N2/c1-23(2)25(5)27(7)35-21-33(29-15-11-9-12-16-29)31-19-20-32-34(30-17-13-10-14-18-30)22-36(28(8)26(6)24(3)4)40-38(32)37(31)39-35/h9-28H,1-8H3. The highest BCUT2D eigenvalue weighted by molar-refractivity contribution is 6.12. The van der Waals surface area contributed by atoms with E-state index in [0.717, 1.165) is 22.4 Å². The second-order valence-electron chi connectivity index (χ2n) is 12.6. The number of aromatic nitrogens is 2. The van der Waals surface area contributed by atoms with Gasteiger partial charge in [0.15, 0.2) is 0 Å². The van der Waals surface area contributed by atoms with Gasteiger partial charge >= 0.3 is 0 Å². The Morgan fingerprint density at radius 2 is 0.800 bits per heavy atom. The fourth-order valence-electron chi connectivity index (χ4n) is 5.89. The summed E-state index contributed by atoms with van der Waals surface area (Å²) >= 11 is 0. The van der Waals surface area contributed by atoms with Gasteiger partial charge in [0.1, 0.15) is 0 Å². The monoisotopic (exact) mass is 528 g/mol. The van der Waals surface area contributed by atoms with Crippen LogP contribution in [0.5, 0.6) is 0 Å². The quantitative estimate of drug-likeness (QED) is 0.187. The second kappa shape index (κ2) is 11.5. The zero-order valence-corrected chi connectivity index (χ0v) is 25.4. The Labute approximate surface area is 240 Å². The van der Waals surface area contributed by atoms with Crippen LogP contribution in [0.15, 0.2) is 84.9 Å². The maximum atomic E-state index is 5.45. The number of nitrogens with zero attached hydrogens (tertiary/aromatic N) is 2. The SMILES string of the molecule is CC(C)C(C)C(C)c1cc(-c2ccccc2)c2ccc3c(-c4ccccc4)cc(C(C)C(C)C(C)C)nc3c2n1. The van der Waals surface area contributed by atoms with Crippen LogP contribution >= 0.6 is 0 Å². The van der Waals surface area contributed by atoms with E-state index in [0.29, 0.717) is 35.5 Å². The molecule has 0 N–H and O–H groups in total. The van der Waals surface area contributed by atoms with E-state index >= 15 is 0 Å². The van der Waals surface area contributed by atoms with E-state index in [-0.39, 0.29) is 0 Å². The van der Waals surface area contributed by atoms with Crippen molar-refractivity contribution in [2.75, 3.05) is 0 Å². The fraction of sp³-hybridized carbons (Fsp3) is 0.368.